The Morgan fingerprint density at radius 1 is 1.48 bits per heavy atom. The molecule has 2 atom stereocenters. The molecule has 1 aromatic rings. The SMILES string of the molecule is COc1cc(N2CCC(C(=O)O)CC2C)cc([N+](=O)[O-])c1. The van der Waals surface area contributed by atoms with E-state index in [0.29, 0.717) is 30.8 Å². The summed E-state index contributed by atoms with van der Waals surface area (Å²) < 4.78 is 5.11. The van der Waals surface area contributed by atoms with E-state index in [-0.39, 0.29) is 17.6 Å². The van der Waals surface area contributed by atoms with Gasteiger partial charge in [-0.05, 0) is 19.8 Å². The second-order valence-corrected chi connectivity index (χ2v) is 5.25. The molecule has 0 radical (unpaired) electrons. The number of aliphatic carboxylic acids is 1. The van der Waals surface area contributed by atoms with Gasteiger partial charge in [-0.3, -0.25) is 14.9 Å². The molecule has 1 aliphatic heterocycles. The molecule has 0 spiro atoms. The third kappa shape index (κ3) is 3.24. The zero-order valence-corrected chi connectivity index (χ0v) is 12.0. The van der Waals surface area contributed by atoms with Crippen LogP contribution >= 0.6 is 0 Å². The first kappa shape index (κ1) is 15.1. The van der Waals surface area contributed by atoms with Crippen molar-refractivity contribution in [1.29, 1.82) is 0 Å². The van der Waals surface area contributed by atoms with Gasteiger partial charge in [0.25, 0.3) is 5.69 Å². The summed E-state index contributed by atoms with van der Waals surface area (Å²) in [6, 6.07) is 4.62. The first-order valence-corrected chi connectivity index (χ1v) is 6.75. The topological polar surface area (TPSA) is 92.9 Å². The van der Waals surface area contributed by atoms with Gasteiger partial charge in [0.15, 0.2) is 0 Å². The summed E-state index contributed by atoms with van der Waals surface area (Å²) in [7, 11) is 1.46. The molecule has 2 rings (SSSR count). The molecule has 1 saturated heterocycles. The number of piperidine rings is 1. The van der Waals surface area contributed by atoms with Crippen LogP contribution in [-0.2, 0) is 4.79 Å². The van der Waals surface area contributed by atoms with E-state index < -0.39 is 10.9 Å². The van der Waals surface area contributed by atoms with Crippen LogP contribution in [0.4, 0.5) is 11.4 Å². The van der Waals surface area contributed by atoms with Gasteiger partial charge in [-0.2, -0.15) is 0 Å². The summed E-state index contributed by atoms with van der Waals surface area (Å²) >= 11 is 0. The van der Waals surface area contributed by atoms with Crippen LogP contribution in [0.25, 0.3) is 0 Å². The van der Waals surface area contributed by atoms with E-state index in [4.69, 9.17) is 9.84 Å². The minimum absolute atomic E-state index is 0.00607. The van der Waals surface area contributed by atoms with Crippen molar-refractivity contribution in [1.82, 2.24) is 0 Å². The summed E-state index contributed by atoms with van der Waals surface area (Å²) in [6.07, 6.45) is 1.06. The van der Waals surface area contributed by atoms with E-state index in [1.54, 1.807) is 6.07 Å². The first-order chi connectivity index (χ1) is 9.92. The molecule has 7 nitrogen and oxygen atoms in total. The molecule has 0 aromatic heterocycles. The van der Waals surface area contributed by atoms with Crippen LogP contribution in [0.3, 0.4) is 0 Å². The number of hydrogen-bond donors (Lipinski definition) is 1. The molecule has 1 aromatic carbocycles. The Morgan fingerprint density at radius 2 is 2.19 bits per heavy atom. The van der Waals surface area contributed by atoms with Crippen molar-refractivity contribution in [3.05, 3.63) is 28.3 Å². The van der Waals surface area contributed by atoms with E-state index in [2.05, 4.69) is 0 Å². The summed E-state index contributed by atoms with van der Waals surface area (Å²) in [5.74, 6) is -0.707. The second kappa shape index (κ2) is 5.99. The predicted molar refractivity (Wildman–Crippen MR) is 76.8 cm³/mol. The minimum atomic E-state index is -0.780. The highest BCUT2D eigenvalue weighted by Crippen LogP contribution is 2.33. The van der Waals surface area contributed by atoms with Gasteiger partial charge in [-0.25, -0.2) is 0 Å². The fraction of sp³-hybridized carbons (Fsp3) is 0.500. The molecule has 0 amide bonds. The smallest absolute Gasteiger partial charge is 0.306 e. The molecule has 21 heavy (non-hydrogen) atoms. The van der Waals surface area contributed by atoms with E-state index in [9.17, 15) is 14.9 Å². The molecule has 0 bridgehead atoms. The Kier molecular flexibility index (Phi) is 4.30. The molecule has 1 aliphatic rings. The molecular weight excluding hydrogens is 276 g/mol. The quantitative estimate of drug-likeness (QED) is 0.676. The molecular formula is C14H18N2O5. The first-order valence-electron chi connectivity index (χ1n) is 6.75. The van der Waals surface area contributed by atoms with Crippen molar-refractivity contribution in [2.45, 2.75) is 25.8 Å². The largest absolute Gasteiger partial charge is 0.496 e. The molecule has 1 N–H and O–H groups in total. The maximum absolute atomic E-state index is 11.1. The lowest BCUT2D eigenvalue weighted by atomic mass is 9.91. The number of hydrogen-bond acceptors (Lipinski definition) is 5. The van der Waals surface area contributed by atoms with Gasteiger partial charge in [-0.15, -0.1) is 0 Å². The van der Waals surface area contributed by atoms with E-state index in [0.717, 1.165) is 0 Å². The number of rotatable bonds is 4. The number of non-ortho nitro benzene ring substituents is 1. The molecule has 0 aliphatic carbocycles. The van der Waals surface area contributed by atoms with Crippen molar-refractivity contribution < 1.29 is 19.6 Å². The number of carboxylic acid groups (broad SMARTS) is 1. The van der Waals surface area contributed by atoms with Gasteiger partial charge < -0.3 is 14.7 Å². The Morgan fingerprint density at radius 3 is 2.71 bits per heavy atom. The van der Waals surface area contributed by atoms with Gasteiger partial charge in [0.2, 0.25) is 0 Å². The lowest BCUT2D eigenvalue weighted by Gasteiger charge is -2.38. The molecule has 2 unspecified atom stereocenters. The van der Waals surface area contributed by atoms with Gasteiger partial charge in [0.05, 0.1) is 24.0 Å². The summed E-state index contributed by atoms with van der Waals surface area (Å²) in [5.41, 5.74) is 0.661. The highest BCUT2D eigenvalue weighted by molar-refractivity contribution is 5.71. The molecule has 0 saturated carbocycles. The van der Waals surface area contributed by atoms with Crippen LogP contribution in [0.1, 0.15) is 19.8 Å². The Labute approximate surface area is 122 Å². The van der Waals surface area contributed by atoms with Crippen LogP contribution in [0, 0.1) is 16.0 Å². The number of benzene rings is 1. The standard InChI is InChI=1S/C14H18N2O5/c1-9-5-10(14(17)18)3-4-15(9)11-6-12(16(19)20)8-13(7-11)21-2/h6-10H,3-5H2,1-2H3,(H,17,18). The number of nitro groups is 1. The maximum Gasteiger partial charge on any atom is 0.306 e. The van der Waals surface area contributed by atoms with Crippen molar-refractivity contribution in [2.75, 3.05) is 18.6 Å². The number of carbonyl (C=O) groups is 1. The van der Waals surface area contributed by atoms with E-state index in [1.165, 1.54) is 19.2 Å². The number of nitro benzene ring substituents is 1. The Bertz CT molecular complexity index is 560. The maximum atomic E-state index is 11.1. The molecule has 7 heteroatoms. The average molecular weight is 294 g/mol. The third-order valence-corrected chi connectivity index (χ3v) is 3.88. The lowest BCUT2D eigenvalue weighted by molar-refractivity contribution is -0.384. The fourth-order valence-corrected chi connectivity index (χ4v) is 2.74. The zero-order valence-electron chi connectivity index (χ0n) is 12.0. The average Bonchev–Trinajstić information content (AvgIpc) is 2.46. The van der Waals surface area contributed by atoms with Crippen LogP contribution in [0.15, 0.2) is 18.2 Å². The number of carboxylic acids is 1. The van der Waals surface area contributed by atoms with Crippen molar-refractivity contribution >= 4 is 17.3 Å². The highest BCUT2D eigenvalue weighted by atomic mass is 16.6. The number of nitrogens with zero attached hydrogens (tertiary/aromatic N) is 2. The summed E-state index contributed by atoms with van der Waals surface area (Å²) in [4.78, 5) is 23.6. The van der Waals surface area contributed by atoms with Crippen molar-refractivity contribution in [3.63, 3.8) is 0 Å². The van der Waals surface area contributed by atoms with Gasteiger partial charge in [0.1, 0.15) is 5.75 Å². The van der Waals surface area contributed by atoms with Gasteiger partial charge in [0, 0.05) is 30.4 Å². The Balaban J connectivity index is 2.27. The monoisotopic (exact) mass is 294 g/mol. The lowest BCUT2D eigenvalue weighted by Crippen LogP contribution is -2.42. The fourth-order valence-electron chi connectivity index (χ4n) is 2.74. The van der Waals surface area contributed by atoms with Gasteiger partial charge >= 0.3 is 5.97 Å². The zero-order chi connectivity index (χ0) is 15.6. The van der Waals surface area contributed by atoms with Gasteiger partial charge in [-0.1, -0.05) is 0 Å². The predicted octanol–water partition coefficient (Wildman–Crippen LogP) is 2.29. The van der Waals surface area contributed by atoms with Crippen LogP contribution in [0.2, 0.25) is 0 Å². The molecule has 1 fully saturated rings. The Hall–Kier alpha value is -2.31. The molecule has 1 heterocycles. The normalized spacial score (nSPS) is 21.9. The van der Waals surface area contributed by atoms with Crippen LogP contribution in [-0.4, -0.2) is 35.7 Å². The number of ether oxygens (including phenoxy) is 1. The highest BCUT2D eigenvalue weighted by Gasteiger charge is 2.30. The van der Waals surface area contributed by atoms with E-state index >= 15 is 0 Å². The van der Waals surface area contributed by atoms with Crippen molar-refractivity contribution in [2.24, 2.45) is 5.92 Å². The minimum Gasteiger partial charge on any atom is -0.496 e. The number of anilines is 1. The van der Waals surface area contributed by atoms with Crippen LogP contribution < -0.4 is 9.64 Å². The van der Waals surface area contributed by atoms with Crippen molar-refractivity contribution in [3.8, 4) is 5.75 Å². The summed E-state index contributed by atoms with van der Waals surface area (Å²) in [5, 5.41) is 20.1. The van der Waals surface area contributed by atoms with Crippen LogP contribution in [0.5, 0.6) is 5.75 Å². The molecule has 114 valence electrons. The number of methoxy groups -OCH3 is 1. The van der Waals surface area contributed by atoms with E-state index in [1.807, 2.05) is 11.8 Å². The summed E-state index contributed by atoms with van der Waals surface area (Å²) in [6.45, 7) is 2.49. The second-order valence-electron chi connectivity index (χ2n) is 5.25. The third-order valence-electron chi connectivity index (χ3n) is 3.88.